The second-order valence-electron chi connectivity index (χ2n) is 0. The van der Waals surface area contributed by atoms with Crippen molar-refractivity contribution < 1.29 is 10.3 Å². The monoisotopic (exact) mass is 128 g/mol. The maximum absolute atomic E-state index is 8.00. The van der Waals surface area contributed by atoms with Crippen LogP contribution < -0.4 is 0 Å². The third-order valence-corrected chi connectivity index (χ3v) is 0. The van der Waals surface area contributed by atoms with Gasteiger partial charge in [-0.05, 0) is 0 Å². The van der Waals surface area contributed by atoms with E-state index in [0.29, 0.717) is 0 Å². The third-order valence-electron chi connectivity index (χ3n) is 0. The van der Waals surface area contributed by atoms with Gasteiger partial charge in [0.1, 0.15) is 6.79 Å². The summed E-state index contributed by atoms with van der Waals surface area (Å²) >= 11 is 0. The van der Waals surface area contributed by atoms with Crippen LogP contribution in [0.1, 0.15) is 0 Å². The van der Waals surface area contributed by atoms with E-state index < -0.39 is 0 Å². The van der Waals surface area contributed by atoms with Gasteiger partial charge in [0, 0.05) is 0 Å². The second-order valence-corrected chi connectivity index (χ2v) is 0. The molecule has 0 saturated carbocycles. The van der Waals surface area contributed by atoms with Gasteiger partial charge < -0.3 is 10.3 Å². The summed E-state index contributed by atoms with van der Waals surface area (Å²) in [6, 6.07) is 0. The van der Waals surface area contributed by atoms with E-state index in [9.17, 15) is 0 Å². The summed E-state index contributed by atoms with van der Waals surface area (Å²) in [5.41, 5.74) is 0. The van der Waals surface area contributed by atoms with Crippen LogP contribution >= 0.6 is 0 Å². The second kappa shape index (κ2) is 28.5. The topological polar surface area (TPSA) is 48.6 Å². The average Bonchev–Trinajstić information content (AvgIpc) is 1.00. The van der Waals surface area contributed by atoms with Gasteiger partial charge in [-0.2, -0.15) is 0 Å². The van der Waals surface area contributed by atoms with E-state index in [4.69, 9.17) is 4.79 Å². The Balaban J connectivity index is -0.00000000167. The molecule has 4 heteroatoms. The predicted molar refractivity (Wildman–Crippen MR) is 25.0 cm³/mol. The summed E-state index contributed by atoms with van der Waals surface area (Å²) < 4.78 is 0. The van der Waals surface area contributed by atoms with E-state index in [2.05, 4.69) is 0 Å². The number of carbonyl (C=O) groups is 1. The summed E-state index contributed by atoms with van der Waals surface area (Å²) in [7, 11) is 0. The molecule has 0 aliphatic heterocycles. The minimum absolute atomic E-state index is 0. The minimum atomic E-state index is 0. The molecule has 0 rings (SSSR count). The Labute approximate surface area is 116 Å². The molecule has 0 amide bonds. The Morgan fingerprint density at radius 2 is 1.00 bits per heavy atom. The average molecular weight is 128 g/mol. The van der Waals surface area contributed by atoms with Gasteiger partial charge in [-0.1, -0.05) is 0 Å². The van der Waals surface area contributed by atoms with Crippen molar-refractivity contribution in [2.45, 2.75) is 0 Å². The fraction of sp³-hybridized carbons (Fsp3) is 0. The molecule has 0 unspecified atom stereocenters. The third kappa shape index (κ3) is 19.7. The van der Waals surface area contributed by atoms with E-state index in [0.717, 1.165) is 0 Å². The van der Waals surface area contributed by atoms with Crippen molar-refractivity contribution >= 4 is 110 Å². The van der Waals surface area contributed by atoms with Crippen molar-refractivity contribution in [3.8, 4) is 0 Å². The van der Waals surface area contributed by atoms with E-state index in [1.807, 2.05) is 6.79 Å². The van der Waals surface area contributed by atoms with Crippen molar-refractivity contribution in [3.63, 3.8) is 0 Å². The van der Waals surface area contributed by atoms with Crippen LogP contribution in [0.15, 0.2) is 0 Å². The molecule has 0 radical (unpaired) electrons. The Kier molecular flexibility index (Phi) is 141. The van der Waals surface area contributed by atoms with Crippen LogP contribution in [-0.2, 0) is 4.79 Å². The van der Waals surface area contributed by atoms with Crippen LogP contribution in [0, 0.1) is 0 Å². The van der Waals surface area contributed by atoms with Gasteiger partial charge in [0.05, 0.1) is 0 Å². The van der Waals surface area contributed by atoms with E-state index in [1.165, 1.54) is 0 Å². The summed E-state index contributed by atoms with van der Waals surface area (Å²) in [5, 5.41) is 0. The normalized spacial score (nSPS) is 0.800. The molecule has 2 nitrogen and oxygen atoms in total. The molecule has 0 aromatic carbocycles. The first-order chi connectivity index (χ1) is 1.00. The molecule has 0 atom stereocenters. The van der Waals surface area contributed by atoms with Crippen LogP contribution in [0.5, 0.6) is 0 Å². The van der Waals surface area contributed by atoms with Crippen molar-refractivity contribution in [1.82, 2.24) is 0 Å². The summed E-state index contributed by atoms with van der Waals surface area (Å²) in [6.07, 6.45) is 0. The van der Waals surface area contributed by atoms with Gasteiger partial charge in [0.2, 0.25) is 0 Å². The molecule has 24 valence electrons. The van der Waals surface area contributed by atoms with Crippen molar-refractivity contribution in [2.24, 2.45) is 0 Å². The molecule has 0 aromatic heterocycles. The van der Waals surface area contributed by atoms with Gasteiger partial charge in [0.25, 0.3) is 0 Å². The summed E-state index contributed by atoms with van der Waals surface area (Å²) in [4.78, 5) is 8.00. The molecule has 0 aliphatic carbocycles. The first kappa shape index (κ1) is 24.7. The standard InChI is InChI=1S/CH2O.2K.H2O.2H/c1-2;;;;;/h1H2;;;1H2;;. The quantitative estimate of drug-likeness (QED) is 0.338. The van der Waals surface area contributed by atoms with Crippen molar-refractivity contribution in [3.05, 3.63) is 0 Å². The van der Waals surface area contributed by atoms with Crippen LogP contribution in [0.4, 0.5) is 0 Å². The molecule has 0 aromatic rings. The van der Waals surface area contributed by atoms with Crippen LogP contribution in [-0.4, -0.2) is 115 Å². The molecule has 0 spiro atoms. The molecular weight excluding hydrogens is 122 g/mol. The Morgan fingerprint density at radius 3 is 1.00 bits per heavy atom. The fourth-order valence-electron chi connectivity index (χ4n) is 0. The van der Waals surface area contributed by atoms with Crippen LogP contribution in [0.3, 0.4) is 0 Å². The van der Waals surface area contributed by atoms with Gasteiger partial charge >= 0.3 is 103 Å². The summed E-state index contributed by atoms with van der Waals surface area (Å²) in [6.45, 7) is 2.00. The SMILES string of the molecule is C=O.O.[KH].[KH]. The zero-order valence-electron chi connectivity index (χ0n) is 1.62. The van der Waals surface area contributed by atoms with Gasteiger partial charge in [-0.25, -0.2) is 0 Å². The number of hydrogen-bond donors (Lipinski definition) is 0. The predicted octanol–water partition coefficient (Wildman–Crippen LogP) is -2.31. The van der Waals surface area contributed by atoms with Gasteiger partial charge in [-0.3, -0.25) is 0 Å². The molecular formula is CH6K2O2. The van der Waals surface area contributed by atoms with Crippen molar-refractivity contribution in [1.29, 1.82) is 0 Å². The van der Waals surface area contributed by atoms with E-state index >= 15 is 0 Å². The van der Waals surface area contributed by atoms with Crippen LogP contribution in [0.25, 0.3) is 0 Å². The number of rotatable bonds is 0. The number of carbonyl (C=O) groups excluding carboxylic acids is 1. The molecule has 0 fully saturated rings. The first-order valence-corrected chi connectivity index (χ1v) is 0.289. The zero-order valence-corrected chi connectivity index (χ0v) is 1.62. The number of hydrogen-bond acceptors (Lipinski definition) is 1. The molecule has 0 saturated heterocycles. The maximum atomic E-state index is 8.00. The fourth-order valence-corrected chi connectivity index (χ4v) is 0. The Bertz CT molecular complexity index is 7.61. The van der Waals surface area contributed by atoms with Gasteiger partial charge in [0.15, 0.2) is 0 Å². The molecule has 0 heterocycles. The Morgan fingerprint density at radius 1 is 1.00 bits per heavy atom. The first-order valence-electron chi connectivity index (χ1n) is 0.289. The Hall–Kier alpha value is 2.90. The molecule has 2 N–H and O–H groups in total. The summed E-state index contributed by atoms with van der Waals surface area (Å²) in [5.74, 6) is 0. The zero-order chi connectivity index (χ0) is 2.00. The van der Waals surface area contributed by atoms with Gasteiger partial charge in [-0.15, -0.1) is 0 Å². The van der Waals surface area contributed by atoms with E-state index in [1.54, 1.807) is 0 Å². The van der Waals surface area contributed by atoms with E-state index in [-0.39, 0.29) is 108 Å². The molecule has 0 bridgehead atoms. The molecule has 0 aliphatic rings. The van der Waals surface area contributed by atoms with Crippen molar-refractivity contribution in [2.75, 3.05) is 0 Å². The molecule has 5 heavy (non-hydrogen) atoms. The van der Waals surface area contributed by atoms with Crippen LogP contribution in [0.2, 0.25) is 0 Å².